The van der Waals surface area contributed by atoms with Gasteiger partial charge in [0.1, 0.15) is 11.4 Å². The number of nitroso groups, excluding NO2 is 1. The van der Waals surface area contributed by atoms with Gasteiger partial charge in [0.05, 0.1) is 30.9 Å². The average molecular weight is 457 g/mol. The lowest BCUT2D eigenvalue weighted by Crippen LogP contribution is -2.08. The van der Waals surface area contributed by atoms with Crippen molar-refractivity contribution in [3.05, 3.63) is 46.4 Å². The topological polar surface area (TPSA) is 80.2 Å². The molecule has 0 saturated heterocycles. The molecule has 0 spiro atoms. The van der Waals surface area contributed by atoms with Gasteiger partial charge in [-0.2, -0.15) is 0 Å². The van der Waals surface area contributed by atoms with Crippen molar-refractivity contribution < 1.29 is 14.7 Å². The van der Waals surface area contributed by atoms with Crippen molar-refractivity contribution in [2.75, 3.05) is 19.2 Å². The summed E-state index contributed by atoms with van der Waals surface area (Å²) in [7, 11) is 1.60. The van der Waals surface area contributed by atoms with Crippen LogP contribution in [-0.2, 0) is 4.74 Å². The molecular formula is C27H40N2O4. The maximum absolute atomic E-state index is 11.3. The predicted octanol–water partition coefficient (Wildman–Crippen LogP) is 8.60. The zero-order valence-electron chi connectivity index (χ0n) is 20.7. The van der Waals surface area contributed by atoms with Gasteiger partial charge in [-0.1, -0.05) is 82.1 Å². The molecule has 0 aliphatic carbocycles. The largest absolute Gasteiger partial charge is 0.496 e. The van der Waals surface area contributed by atoms with Crippen LogP contribution < -0.4 is 10.2 Å². The second kappa shape index (κ2) is 14.7. The normalized spacial score (nSPS) is 11.9. The molecule has 0 fully saturated rings. The minimum atomic E-state index is -0.153. The molecule has 0 aromatic heterocycles. The molecule has 1 unspecified atom stereocenters. The van der Waals surface area contributed by atoms with Gasteiger partial charge in [0.25, 0.3) is 0 Å². The Morgan fingerprint density at radius 3 is 2.36 bits per heavy atom. The second-order valence-electron chi connectivity index (χ2n) is 8.81. The van der Waals surface area contributed by atoms with Gasteiger partial charge in [0.15, 0.2) is 0 Å². The highest BCUT2D eigenvalue weighted by molar-refractivity contribution is 6.05. The van der Waals surface area contributed by atoms with E-state index in [1.54, 1.807) is 19.2 Å². The summed E-state index contributed by atoms with van der Waals surface area (Å²) in [5.41, 5.74) is 5.12. The van der Waals surface area contributed by atoms with Gasteiger partial charge in [-0.15, -0.1) is 4.91 Å². The molecule has 2 aromatic rings. The summed E-state index contributed by atoms with van der Waals surface area (Å²) in [5, 5.41) is 14.1. The first-order chi connectivity index (χ1) is 16.1. The number of unbranched alkanes of at least 4 members (excludes halogenated alkanes) is 7. The van der Waals surface area contributed by atoms with Crippen molar-refractivity contribution in [3.63, 3.8) is 0 Å². The molecule has 2 aromatic carbocycles. The van der Waals surface area contributed by atoms with E-state index in [1.807, 2.05) is 12.1 Å². The Kier molecular flexibility index (Phi) is 11.9. The predicted molar refractivity (Wildman–Crippen MR) is 137 cm³/mol. The fourth-order valence-electron chi connectivity index (χ4n) is 4.18. The fourth-order valence-corrected chi connectivity index (χ4v) is 4.18. The van der Waals surface area contributed by atoms with Crippen LogP contribution >= 0.6 is 0 Å². The van der Waals surface area contributed by atoms with Gasteiger partial charge < -0.3 is 9.47 Å². The van der Waals surface area contributed by atoms with Crippen LogP contribution in [0, 0.1) is 4.91 Å². The first kappa shape index (κ1) is 26.8. The standard InChI is InChI=1S/C27H40N2O4/c1-5-6-7-8-9-10-11-12-13-25(33-19-18-20(2)3)22-15-14-21-23(28-30)16-17-24(29-31)26(21)27(22)32-4/h14-18,25,29,31H,5-13,19H2,1-4H3. The Labute approximate surface area is 198 Å². The van der Waals surface area contributed by atoms with Crippen LogP contribution in [0.25, 0.3) is 10.8 Å². The summed E-state index contributed by atoms with van der Waals surface area (Å²) in [6, 6.07) is 7.02. The van der Waals surface area contributed by atoms with E-state index in [2.05, 4.69) is 37.5 Å². The number of nitrogens with one attached hydrogen (secondary N) is 1. The van der Waals surface area contributed by atoms with E-state index in [9.17, 15) is 10.1 Å². The molecule has 0 aliphatic heterocycles. The number of anilines is 1. The van der Waals surface area contributed by atoms with Crippen molar-refractivity contribution in [1.82, 2.24) is 0 Å². The van der Waals surface area contributed by atoms with Crippen LogP contribution in [0.3, 0.4) is 0 Å². The van der Waals surface area contributed by atoms with Crippen LogP contribution in [0.5, 0.6) is 5.75 Å². The molecule has 0 radical (unpaired) electrons. The Morgan fingerprint density at radius 2 is 1.76 bits per heavy atom. The molecule has 1 atom stereocenters. The van der Waals surface area contributed by atoms with E-state index in [1.165, 1.54) is 50.5 Å². The third-order valence-electron chi connectivity index (χ3n) is 6.02. The average Bonchev–Trinajstić information content (AvgIpc) is 2.82. The van der Waals surface area contributed by atoms with E-state index in [4.69, 9.17) is 9.47 Å². The van der Waals surface area contributed by atoms with Gasteiger partial charge in [0.2, 0.25) is 0 Å². The van der Waals surface area contributed by atoms with Gasteiger partial charge >= 0.3 is 0 Å². The summed E-state index contributed by atoms with van der Waals surface area (Å²) >= 11 is 0. The van der Waals surface area contributed by atoms with Crippen LogP contribution in [0.1, 0.15) is 90.2 Å². The first-order valence-corrected chi connectivity index (χ1v) is 12.2. The van der Waals surface area contributed by atoms with E-state index in [0.29, 0.717) is 34.5 Å². The number of fused-ring (bicyclic) bond motifs is 1. The monoisotopic (exact) mass is 456 g/mol. The highest BCUT2D eigenvalue weighted by Gasteiger charge is 2.21. The highest BCUT2D eigenvalue weighted by atomic mass is 16.5. The van der Waals surface area contributed by atoms with Crippen LogP contribution in [-0.4, -0.2) is 18.9 Å². The van der Waals surface area contributed by atoms with E-state index < -0.39 is 0 Å². The first-order valence-electron chi connectivity index (χ1n) is 12.2. The number of hydrogen-bond acceptors (Lipinski definition) is 6. The van der Waals surface area contributed by atoms with Gasteiger partial charge in [-0.05, 0) is 37.6 Å². The number of ether oxygens (including phenoxy) is 2. The van der Waals surface area contributed by atoms with Gasteiger partial charge in [-0.25, -0.2) is 0 Å². The Hall–Kier alpha value is -2.44. The van der Waals surface area contributed by atoms with Crippen molar-refractivity contribution in [2.24, 2.45) is 5.18 Å². The van der Waals surface area contributed by atoms with Gasteiger partial charge in [-0.3, -0.25) is 10.7 Å². The van der Waals surface area contributed by atoms with Crippen LogP contribution in [0.15, 0.2) is 41.1 Å². The molecule has 2 rings (SSSR count). The lowest BCUT2D eigenvalue weighted by atomic mass is 9.96. The maximum Gasteiger partial charge on any atom is 0.134 e. The number of nitrogens with zero attached hydrogens (tertiary/aromatic N) is 1. The zero-order chi connectivity index (χ0) is 24.1. The maximum atomic E-state index is 11.3. The molecule has 0 aliphatic rings. The minimum absolute atomic E-state index is 0.153. The number of rotatable bonds is 16. The van der Waals surface area contributed by atoms with Crippen molar-refractivity contribution in [1.29, 1.82) is 0 Å². The molecule has 6 heteroatoms. The summed E-state index contributed by atoms with van der Waals surface area (Å²) in [4.78, 5) is 11.3. The molecule has 182 valence electrons. The molecular weight excluding hydrogens is 416 g/mol. The quantitative estimate of drug-likeness (QED) is 0.114. The van der Waals surface area contributed by atoms with Crippen LogP contribution in [0.4, 0.5) is 11.4 Å². The molecule has 0 saturated carbocycles. The molecule has 2 N–H and O–H groups in total. The number of allylic oxidation sites excluding steroid dienone is 1. The SMILES string of the molecule is CCCCCCCCCCC(OCC=C(C)C)c1ccc2c(N=O)ccc(NO)c2c1OC. The summed E-state index contributed by atoms with van der Waals surface area (Å²) in [6.45, 7) is 6.87. The molecule has 0 heterocycles. The Balaban J connectivity index is 2.26. The number of hydrogen-bond donors (Lipinski definition) is 2. The van der Waals surface area contributed by atoms with E-state index in [-0.39, 0.29) is 6.10 Å². The van der Waals surface area contributed by atoms with Gasteiger partial charge in [0, 0.05) is 10.9 Å². The summed E-state index contributed by atoms with van der Waals surface area (Å²) < 4.78 is 12.1. The highest BCUT2D eigenvalue weighted by Crippen LogP contribution is 2.43. The van der Waals surface area contributed by atoms with Crippen molar-refractivity contribution in [3.8, 4) is 5.75 Å². The summed E-state index contributed by atoms with van der Waals surface area (Å²) in [6.07, 6.45) is 12.8. The van der Waals surface area contributed by atoms with Crippen molar-refractivity contribution in [2.45, 2.75) is 84.7 Å². The molecule has 0 bridgehead atoms. The third kappa shape index (κ3) is 7.83. The number of methoxy groups -OCH3 is 1. The van der Waals surface area contributed by atoms with E-state index in [0.717, 1.165) is 18.4 Å². The van der Waals surface area contributed by atoms with Crippen molar-refractivity contribution >= 4 is 22.1 Å². The fraction of sp³-hybridized carbons (Fsp3) is 0.556. The molecule has 6 nitrogen and oxygen atoms in total. The lowest BCUT2D eigenvalue weighted by Gasteiger charge is -2.22. The lowest BCUT2D eigenvalue weighted by molar-refractivity contribution is 0.0632. The summed E-state index contributed by atoms with van der Waals surface area (Å²) in [5.74, 6) is 0.594. The van der Waals surface area contributed by atoms with Crippen LogP contribution in [0.2, 0.25) is 0 Å². The van der Waals surface area contributed by atoms with E-state index >= 15 is 0 Å². The molecule has 33 heavy (non-hydrogen) atoms. The second-order valence-corrected chi connectivity index (χ2v) is 8.81. The number of benzene rings is 2. The third-order valence-corrected chi connectivity index (χ3v) is 6.02. The molecule has 0 amide bonds. The Morgan fingerprint density at radius 1 is 1.06 bits per heavy atom. The Bertz CT molecular complexity index is 907. The smallest absolute Gasteiger partial charge is 0.134 e. The zero-order valence-corrected chi connectivity index (χ0v) is 20.7. The minimum Gasteiger partial charge on any atom is -0.496 e.